The number of ether oxygens (including phenoxy) is 1. The molecule has 86 valence electrons. The molecular formula is C11H12BrNO3. The molecule has 1 N–H and O–H groups in total. The maximum absolute atomic E-state index is 11.7. The highest BCUT2D eigenvalue weighted by Crippen LogP contribution is 2.22. The maximum Gasteiger partial charge on any atom is 0.253 e. The molecule has 5 heteroatoms. The first kappa shape index (κ1) is 11.6. The summed E-state index contributed by atoms with van der Waals surface area (Å²) < 4.78 is 6.09. The third-order valence-electron chi connectivity index (χ3n) is 2.45. The molecule has 2 rings (SSSR count). The van der Waals surface area contributed by atoms with Crippen molar-refractivity contribution in [2.45, 2.75) is 6.10 Å². The quantitative estimate of drug-likeness (QED) is 0.888. The maximum atomic E-state index is 11.7. The summed E-state index contributed by atoms with van der Waals surface area (Å²) in [7, 11) is 0. The number of nitrogens with zero attached hydrogens (tertiary/aromatic N) is 1. The lowest BCUT2D eigenvalue weighted by Crippen LogP contribution is -2.48. The molecule has 0 radical (unpaired) electrons. The predicted molar refractivity (Wildman–Crippen MR) is 63.3 cm³/mol. The van der Waals surface area contributed by atoms with Crippen LogP contribution in [-0.4, -0.2) is 36.9 Å². The van der Waals surface area contributed by atoms with Gasteiger partial charge in [0.2, 0.25) is 0 Å². The average Bonchev–Trinajstić information content (AvgIpc) is 2.30. The van der Waals surface area contributed by atoms with Crippen molar-refractivity contribution in [2.75, 3.05) is 24.7 Å². The second-order valence-electron chi connectivity index (χ2n) is 3.60. The Morgan fingerprint density at radius 2 is 2.38 bits per heavy atom. The minimum atomic E-state index is -0.295. The predicted octanol–water partition coefficient (Wildman–Crippen LogP) is 1.17. The summed E-state index contributed by atoms with van der Waals surface area (Å²) in [6.45, 7) is 0.349. The van der Waals surface area contributed by atoms with E-state index in [0.717, 1.165) is 10.2 Å². The third-order valence-corrected chi connectivity index (χ3v) is 2.95. The van der Waals surface area contributed by atoms with Crippen molar-refractivity contribution in [2.24, 2.45) is 0 Å². The van der Waals surface area contributed by atoms with Crippen molar-refractivity contribution in [3.05, 3.63) is 28.7 Å². The topological polar surface area (TPSA) is 49.8 Å². The van der Waals surface area contributed by atoms with E-state index in [1.807, 2.05) is 24.3 Å². The van der Waals surface area contributed by atoms with Crippen LogP contribution in [0, 0.1) is 0 Å². The Labute approximate surface area is 102 Å². The number of hydrogen-bond acceptors (Lipinski definition) is 3. The third kappa shape index (κ3) is 2.42. The van der Waals surface area contributed by atoms with Gasteiger partial charge >= 0.3 is 0 Å². The fraction of sp³-hybridized carbons (Fsp3) is 0.364. The molecule has 0 bridgehead atoms. The highest BCUT2D eigenvalue weighted by molar-refractivity contribution is 9.10. The normalized spacial score (nSPS) is 21.2. The molecule has 1 amide bonds. The van der Waals surface area contributed by atoms with Gasteiger partial charge in [-0.2, -0.15) is 0 Å². The molecule has 1 fully saturated rings. The summed E-state index contributed by atoms with van der Waals surface area (Å²) >= 11 is 3.36. The van der Waals surface area contributed by atoms with Crippen LogP contribution >= 0.6 is 15.9 Å². The molecule has 0 saturated carbocycles. The van der Waals surface area contributed by atoms with Crippen molar-refractivity contribution >= 4 is 27.5 Å². The monoisotopic (exact) mass is 285 g/mol. The molecule has 1 heterocycles. The Kier molecular flexibility index (Phi) is 3.58. The first-order valence-electron chi connectivity index (χ1n) is 4.99. The van der Waals surface area contributed by atoms with E-state index >= 15 is 0 Å². The molecule has 0 aliphatic carbocycles. The van der Waals surface area contributed by atoms with Crippen LogP contribution in [-0.2, 0) is 9.53 Å². The summed E-state index contributed by atoms with van der Waals surface area (Å²) in [5.41, 5.74) is 0.820. The number of rotatable bonds is 2. The number of benzene rings is 1. The number of anilines is 1. The Hall–Kier alpha value is -0.910. The van der Waals surface area contributed by atoms with Crippen molar-refractivity contribution < 1.29 is 14.6 Å². The molecule has 4 nitrogen and oxygen atoms in total. The van der Waals surface area contributed by atoms with E-state index in [9.17, 15) is 4.79 Å². The van der Waals surface area contributed by atoms with Crippen molar-refractivity contribution in [3.8, 4) is 0 Å². The van der Waals surface area contributed by atoms with Gasteiger partial charge < -0.3 is 14.7 Å². The lowest BCUT2D eigenvalue weighted by Gasteiger charge is -2.31. The van der Waals surface area contributed by atoms with E-state index in [4.69, 9.17) is 9.84 Å². The molecule has 1 aliphatic heterocycles. The van der Waals surface area contributed by atoms with E-state index in [-0.39, 0.29) is 25.2 Å². The molecule has 1 saturated heterocycles. The number of hydrogen-bond donors (Lipinski definition) is 1. The van der Waals surface area contributed by atoms with Gasteiger partial charge in [0, 0.05) is 10.2 Å². The van der Waals surface area contributed by atoms with Crippen molar-refractivity contribution in [1.29, 1.82) is 0 Å². The van der Waals surface area contributed by atoms with E-state index in [2.05, 4.69) is 15.9 Å². The lowest BCUT2D eigenvalue weighted by atomic mass is 10.2. The van der Waals surface area contributed by atoms with Gasteiger partial charge in [-0.15, -0.1) is 0 Å². The van der Waals surface area contributed by atoms with Crippen LogP contribution in [0.3, 0.4) is 0 Å². The van der Waals surface area contributed by atoms with Gasteiger partial charge in [-0.05, 0) is 18.2 Å². The second-order valence-corrected chi connectivity index (χ2v) is 4.52. The zero-order valence-electron chi connectivity index (χ0n) is 8.60. The number of halogens is 1. The number of aliphatic hydroxyl groups is 1. The highest BCUT2D eigenvalue weighted by Gasteiger charge is 2.26. The van der Waals surface area contributed by atoms with Crippen molar-refractivity contribution in [1.82, 2.24) is 0 Å². The fourth-order valence-electron chi connectivity index (χ4n) is 1.63. The second kappa shape index (κ2) is 4.95. The Bertz CT molecular complexity index is 397. The molecule has 16 heavy (non-hydrogen) atoms. The van der Waals surface area contributed by atoms with Crippen molar-refractivity contribution in [3.63, 3.8) is 0 Å². The fourth-order valence-corrected chi connectivity index (χ4v) is 2.02. The SMILES string of the molecule is O=C1COC(CO)CN1c1cccc(Br)c1. The van der Waals surface area contributed by atoms with Gasteiger partial charge in [0.1, 0.15) is 6.61 Å². The van der Waals surface area contributed by atoms with Gasteiger partial charge in [0.05, 0.1) is 19.3 Å². The first-order valence-corrected chi connectivity index (χ1v) is 5.78. The first-order chi connectivity index (χ1) is 7.70. The molecule has 1 atom stereocenters. The number of carbonyl (C=O) groups excluding carboxylic acids is 1. The van der Waals surface area contributed by atoms with Crippen LogP contribution < -0.4 is 4.90 Å². The summed E-state index contributed by atoms with van der Waals surface area (Å²) in [5.74, 6) is -0.0807. The molecule has 0 spiro atoms. The molecule has 1 aromatic carbocycles. The van der Waals surface area contributed by atoms with E-state index in [1.165, 1.54) is 0 Å². The average molecular weight is 286 g/mol. The van der Waals surface area contributed by atoms with Crippen LogP contribution in [0.5, 0.6) is 0 Å². The van der Waals surface area contributed by atoms with Crippen LogP contribution in [0.1, 0.15) is 0 Å². The van der Waals surface area contributed by atoms with E-state index in [1.54, 1.807) is 4.90 Å². The molecule has 1 unspecified atom stereocenters. The number of amides is 1. The minimum Gasteiger partial charge on any atom is -0.394 e. The number of carbonyl (C=O) groups is 1. The zero-order chi connectivity index (χ0) is 11.5. The Morgan fingerprint density at radius 3 is 3.06 bits per heavy atom. The van der Waals surface area contributed by atoms with Gasteiger partial charge in [-0.1, -0.05) is 22.0 Å². The lowest BCUT2D eigenvalue weighted by molar-refractivity contribution is -0.130. The molecule has 0 aromatic heterocycles. The van der Waals surface area contributed by atoms with Crippen LogP contribution in [0.4, 0.5) is 5.69 Å². The van der Waals surface area contributed by atoms with Crippen LogP contribution in [0.25, 0.3) is 0 Å². The summed E-state index contributed by atoms with van der Waals surface area (Å²) in [4.78, 5) is 13.3. The largest absolute Gasteiger partial charge is 0.394 e. The van der Waals surface area contributed by atoms with Crippen LogP contribution in [0.15, 0.2) is 28.7 Å². The Morgan fingerprint density at radius 1 is 1.56 bits per heavy atom. The van der Waals surface area contributed by atoms with Gasteiger partial charge in [0.15, 0.2) is 0 Å². The summed E-state index contributed by atoms with van der Waals surface area (Å²) in [5, 5.41) is 9.02. The zero-order valence-corrected chi connectivity index (χ0v) is 10.2. The summed E-state index contributed by atoms with van der Waals surface area (Å²) in [6, 6.07) is 7.51. The van der Waals surface area contributed by atoms with Gasteiger partial charge in [-0.3, -0.25) is 4.79 Å². The molecule has 1 aliphatic rings. The highest BCUT2D eigenvalue weighted by atomic mass is 79.9. The van der Waals surface area contributed by atoms with Gasteiger partial charge in [0.25, 0.3) is 5.91 Å². The number of morpholine rings is 1. The number of aliphatic hydroxyl groups excluding tert-OH is 1. The molecule has 1 aromatic rings. The van der Waals surface area contributed by atoms with E-state index < -0.39 is 0 Å². The van der Waals surface area contributed by atoms with E-state index in [0.29, 0.717) is 6.54 Å². The van der Waals surface area contributed by atoms with Crippen LogP contribution in [0.2, 0.25) is 0 Å². The van der Waals surface area contributed by atoms with Gasteiger partial charge in [-0.25, -0.2) is 0 Å². The minimum absolute atomic E-state index is 0.0255. The summed E-state index contributed by atoms with van der Waals surface area (Å²) in [6.07, 6.45) is -0.295. The molecular weight excluding hydrogens is 274 g/mol. The standard InChI is InChI=1S/C11H12BrNO3/c12-8-2-1-3-9(4-8)13-5-10(6-14)16-7-11(13)15/h1-4,10,14H,5-7H2. The smallest absolute Gasteiger partial charge is 0.253 e. The Balaban J connectivity index is 2.21.